The molecule has 1 fully saturated rings. The summed E-state index contributed by atoms with van der Waals surface area (Å²) >= 11 is 13.5. The summed E-state index contributed by atoms with van der Waals surface area (Å²) in [7, 11) is 1.61. The van der Waals surface area contributed by atoms with Gasteiger partial charge in [0.25, 0.3) is 0 Å². The maximum Gasteiger partial charge on any atom is 0.312 e. The average molecular weight is 460 g/mol. The Bertz CT molecular complexity index is 791. The van der Waals surface area contributed by atoms with Gasteiger partial charge in [-0.1, -0.05) is 41.0 Å². The molecule has 4 N–H and O–H groups in total. The Morgan fingerprint density at radius 1 is 1.41 bits per heavy atom. The fraction of sp³-hybridized carbons (Fsp3) is 0.421. The number of hydrogen-bond acceptors (Lipinski definition) is 6. The van der Waals surface area contributed by atoms with Crippen LogP contribution < -0.4 is 16.2 Å². The van der Waals surface area contributed by atoms with E-state index in [0.29, 0.717) is 28.9 Å². The van der Waals surface area contributed by atoms with Crippen LogP contribution in [0.1, 0.15) is 5.56 Å². The summed E-state index contributed by atoms with van der Waals surface area (Å²) in [5.74, 6) is 1.06. The quantitative estimate of drug-likeness (QED) is 0.510. The van der Waals surface area contributed by atoms with Gasteiger partial charge in [0.15, 0.2) is 0 Å². The van der Waals surface area contributed by atoms with Crippen LogP contribution in [-0.2, 0) is 20.8 Å². The highest BCUT2D eigenvalue weighted by molar-refractivity contribution is 8.03. The number of halogens is 2. The smallest absolute Gasteiger partial charge is 0.312 e. The zero-order valence-electron chi connectivity index (χ0n) is 16.1. The topological polar surface area (TPSA) is 79.4 Å². The number of nitrogens with two attached hydrogens (primary N) is 1. The molecule has 2 heterocycles. The maximum absolute atomic E-state index is 12.2. The van der Waals surface area contributed by atoms with E-state index < -0.39 is 0 Å². The number of methoxy groups -OCH3 is 1. The van der Waals surface area contributed by atoms with Crippen LogP contribution in [0.2, 0.25) is 10.0 Å². The highest BCUT2D eigenvalue weighted by Crippen LogP contribution is 2.23. The third-order valence-electron chi connectivity index (χ3n) is 4.49. The van der Waals surface area contributed by atoms with Crippen molar-refractivity contribution in [3.63, 3.8) is 0 Å². The van der Waals surface area contributed by atoms with Gasteiger partial charge in [-0.2, -0.15) is 5.43 Å². The molecule has 10 heteroatoms. The zero-order chi connectivity index (χ0) is 20.6. The monoisotopic (exact) mass is 459 g/mol. The van der Waals surface area contributed by atoms with Crippen molar-refractivity contribution < 1.29 is 19.7 Å². The minimum absolute atomic E-state index is 0.0237. The van der Waals surface area contributed by atoms with Crippen molar-refractivity contribution in [2.75, 3.05) is 39.1 Å². The van der Waals surface area contributed by atoms with E-state index >= 15 is 0 Å². The molecule has 3 rings (SSSR count). The fourth-order valence-electron chi connectivity index (χ4n) is 2.98. The molecule has 0 bridgehead atoms. The first-order valence-corrected chi connectivity index (χ1v) is 11.0. The Kier molecular flexibility index (Phi) is 8.53. The molecule has 1 atom stereocenters. The number of ether oxygens (including phenoxy) is 2. The second kappa shape index (κ2) is 11.1. The largest absolute Gasteiger partial charge is 0.454 e. The predicted molar refractivity (Wildman–Crippen MR) is 115 cm³/mol. The lowest BCUT2D eigenvalue weighted by atomic mass is 10.2. The predicted octanol–water partition coefficient (Wildman–Crippen LogP) is 1.45. The van der Waals surface area contributed by atoms with Crippen molar-refractivity contribution >= 4 is 40.9 Å². The number of hydrogen-bond donors (Lipinski definition) is 3. The van der Waals surface area contributed by atoms with Gasteiger partial charge < -0.3 is 14.8 Å². The summed E-state index contributed by atoms with van der Waals surface area (Å²) in [5, 5.41) is 4.98. The summed E-state index contributed by atoms with van der Waals surface area (Å²) < 4.78 is 10.9. The average Bonchev–Trinajstić information content (AvgIpc) is 2.74. The molecule has 1 aromatic carbocycles. The summed E-state index contributed by atoms with van der Waals surface area (Å²) in [6.07, 6.45) is 3.71. The molecule has 2 aliphatic rings. The van der Waals surface area contributed by atoms with E-state index in [1.807, 2.05) is 30.4 Å². The first kappa shape index (κ1) is 22.3. The lowest BCUT2D eigenvalue weighted by Crippen LogP contribution is -2.91. The number of quaternary nitrogens is 1. The number of thioether (sulfide) groups is 1. The summed E-state index contributed by atoms with van der Waals surface area (Å²) in [4.78, 5) is 14.4. The van der Waals surface area contributed by atoms with Crippen LogP contribution in [0.15, 0.2) is 41.3 Å². The van der Waals surface area contributed by atoms with Crippen LogP contribution in [0.25, 0.3) is 0 Å². The Morgan fingerprint density at radius 3 is 3.00 bits per heavy atom. The van der Waals surface area contributed by atoms with Crippen molar-refractivity contribution in [2.45, 2.75) is 12.6 Å². The van der Waals surface area contributed by atoms with Crippen LogP contribution in [0.3, 0.4) is 0 Å². The Morgan fingerprint density at radius 2 is 2.28 bits per heavy atom. The Labute approximate surface area is 184 Å². The molecule has 0 radical (unpaired) electrons. The van der Waals surface area contributed by atoms with Crippen LogP contribution in [-0.4, -0.2) is 56.0 Å². The number of benzene rings is 1. The van der Waals surface area contributed by atoms with Crippen LogP contribution >= 0.6 is 35.0 Å². The highest BCUT2D eigenvalue weighted by atomic mass is 35.5. The minimum Gasteiger partial charge on any atom is -0.454 e. The molecule has 1 saturated heterocycles. The normalized spacial score (nSPS) is 19.8. The molecule has 0 aliphatic carbocycles. The minimum atomic E-state index is -0.0342. The van der Waals surface area contributed by atoms with Crippen molar-refractivity contribution in [2.24, 2.45) is 0 Å². The second-order valence-electron chi connectivity index (χ2n) is 6.66. The van der Waals surface area contributed by atoms with Crippen LogP contribution in [0.4, 0.5) is 0 Å². The Balaban J connectivity index is 1.39. The summed E-state index contributed by atoms with van der Waals surface area (Å²) in [6.45, 7) is 3.49. The first-order chi connectivity index (χ1) is 14.0. The van der Waals surface area contributed by atoms with Crippen molar-refractivity contribution in [3.05, 3.63) is 56.9 Å². The standard InChI is InChI=1S/C19H24Cl2N4O3S/c1-27-18-4-5-19(24-23-18)29-12-17(26)22-9-14-11-25(6-7-28-14)10-13-2-3-15(20)16(21)8-13/h2-5,8,14,23-24H,6-7,9-12H2,1H3,(H,22,26)/p+1/t14-/m0/s1. The molecule has 0 spiro atoms. The molecule has 0 unspecified atom stereocenters. The van der Waals surface area contributed by atoms with Crippen molar-refractivity contribution in [3.8, 4) is 0 Å². The number of rotatable bonds is 8. The third-order valence-corrected chi connectivity index (χ3v) is 6.20. The van der Waals surface area contributed by atoms with E-state index in [1.54, 1.807) is 12.5 Å². The van der Waals surface area contributed by atoms with Gasteiger partial charge in [-0.15, -0.1) is 0 Å². The number of amides is 1. The first-order valence-electron chi connectivity index (χ1n) is 9.26. The number of morpholine rings is 1. The van der Waals surface area contributed by atoms with Gasteiger partial charge in [0.2, 0.25) is 5.91 Å². The lowest BCUT2D eigenvalue weighted by Gasteiger charge is -2.33. The zero-order valence-corrected chi connectivity index (χ0v) is 18.4. The highest BCUT2D eigenvalue weighted by Gasteiger charge is 2.21. The molecule has 29 heavy (non-hydrogen) atoms. The van der Waals surface area contributed by atoms with Crippen molar-refractivity contribution in [1.29, 1.82) is 0 Å². The molecule has 158 valence electrons. The number of carbonyl (C=O) groups is 1. The molecular formula is C19H25Cl2N4O3S+. The van der Waals surface area contributed by atoms with E-state index in [0.717, 1.165) is 36.1 Å². The van der Waals surface area contributed by atoms with Gasteiger partial charge in [-0.25, -0.2) is 5.43 Å². The van der Waals surface area contributed by atoms with Crippen LogP contribution in [0.5, 0.6) is 0 Å². The van der Waals surface area contributed by atoms with E-state index in [9.17, 15) is 4.79 Å². The fourth-order valence-corrected chi connectivity index (χ4v) is 3.99. The summed E-state index contributed by atoms with van der Waals surface area (Å²) in [6, 6.07) is 5.69. The molecule has 7 nitrogen and oxygen atoms in total. The molecule has 0 saturated carbocycles. The van der Waals surface area contributed by atoms with E-state index in [-0.39, 0.29) is 12.0 Å². The Hall–Kier alpha value is -1.42. The van der Waals surface area contributed by atoms with E-state index in [2.05, 4.69) is 15.6 Å². The molecule has 1 aromatic rings. The molecular weight excluding hydrogens is 435 g/mol. The number of carbonyl (C=O) groups excluding carboxylic acids is 1. The van der Waals surface area contributed by atoms with Gasteiger partial charge in [0.1, 0.15) is 5.03 Å². The summed E-state index contributed by atoms with van der Waals surface area (Å²) in [5.41, 5.74) is 5.96. The van der Waals surface area contributed by atoms with E-state index in [1.165, 1.54) is 11.8 Å². The van der Waals surface area contributed by atoms with Gasteiger partial charge >= 0.3 is 5.88 Å². The van der Waals surface area contributed by atoms with Crippen molar-refractivity contribution in [1.82, 2.24) is 15.6 Å². The SMILES string of the molecule is COC1=CC=C(SCC(=O)NC[C@H]2CN(Cc3ccc(Cl)c(Cl)c3)CCO2)N[NH2+]1. The third kappa shape index (κ3) is 7.09. The molecule has 2 aliphatic heterocycles. The van der Waals surface area contributed by atoms with Gasteiger partial charge in [0.05, 0.1) is 35.6 Å². The van der Waals surface area contributed by atoms with Crippen LogP contribution in [0, 0.1) is 0 Å². The maximum atomic E-state index is 12.2. The molecule has 1 amide bonds. The number of nitrogens with zero attached hydrogens (tertiary/aromatic N) is 1. The van der Waals surface area contributed by atoms with Gasteiger partial charge in [-0.3, -0.25) is 9.69 Å². The second-order valence-corrected chi connectivity index (χ2v) is 8.49. The number of allylic oxidation sites excluding steroid dienone is 2. The molecule has 0 aromatic heterocycles. The van der Waals surface area contributed by atoms with E-state index in [4.69, 9.17) is 32.7 Å². The number of nitrogens with one attached hydrogen (secondary N) is 2. The van der Waals surface area contributed by atoms with Gasteiger partial charge in [0, 0.05) is 32.3 Å². The lowest BCUT2D eigenvalue weighted by molar-refractivity contribution is -0.681. The van der Waals surface area contributed by atoms with Gasteiger partial charge in [-0.05, 0) is 23.8 Å².